The molecule has 5 rings (SSSR count). The summed E-state index contributed by atoms with van der Waals surface area (Å²) in [7, 11) is 0.143. The molecule has 5 heteroatoms. The van der Waals surface area contributed by atoms with E-state index in [0.717, 1.165) is 18.9 Å². The summed E-state index contributed by atoms with van der Waals surface area (Å²) in [5, 5.41) is 0. The van der Waals surface area contributed by atoms with Gasteiger partial charge in [0, 0.05) is 42.4 Å². The molecular formula is C23H27BN4. The Morgan fingerprint density at radius 1 is 0.857 bits per heavy atom. The van der Waals surface area contributed by atoms with Gasteiger partial charge in [0.1, 0.15) is 5.82 Å². The molecule has 2 aliphatic rings. The molecule has 0 atom stereocenters. The van der Waals surface area contributed by atoms with E-state index in [0.29, 0.717) is 11.8 Å². The van der Waals surface area contributed by atoms with Crippen LogP contribution in [-0.2, 0) is 0 Å². The van der Waals surface area contributed by atoms with Crippen LogP contribution in [0.3, 0.4) is 0 Å². The van der Waals surface area contributed by atoms with E-state index in [9.17, 15) is 0 Å². The number of nitrogens with zero attached hydrogens (tertiary/aromatic N) is 4. The zero-order valence-corrected chi connectivity index (χ0v) is 17.1. The topological polar surface area (TPSA) is 24.3 Å². The number of imidazole rings is 1. The van der Waals surface area contributed by atoms with E-state index in [4.69, 9.17) is 4.98 Å². The number of rotatable bonds is 3. The normalized spacial score (nSPS) is 15.3. The molecule has 0 saturated carbocycles. The minimum atomic E-state index is 0.143. The molecule has 0 spiro atoms. The van der Waals surface area contributed by atoms with Crippen LogP contribution in [0.2, 0.25) is 0 Å². The van der Waals surface area contributed by atoms with Crippen LogP contribution < -0.4 is 9.62 Å². The van der Waals surface area contributed by atoms with Crippen LogP contribution in [0.5, 0.6) is 0 Å². The van der Waals surface area contributed by atoms with E-state index in [1.54, 1.807) is 0 Å². The maximum Gasteiger partial charge on any atom is 0.510 e. The fraction of sp³-hybridized carbons (Fsp3) is 0.348. The summed E-state index contributed by atoms with van der Waals surface area (Å²) in [6.45, 7) is 11.2. The fourth-order valence-electron chi connectivity index (χ4n) is 4.85. The zero-order valence-electron chi connectivity index (χ0n) is 17.1. The Balaban J connectivity index is 1.71. The van der Waals surface area contributed by atoms with Crippen molar-refractivity contribution in [2.24, 2.45) is 0 Å². The highest BCUT2D eigenvalue weighted by atomic mass is 15.4. The van der Waals surface area contributed by atoms with Gasteiger partial charge >= 0.3 is 7.12 Å². The molecule has 0 aliphatic carbocycles. The number of para-hydroxylation sites is 2. The summed E-state index contributed by atoms with van der Waals surface area (Å²) in [5.41, 5.74) is 6.81. The highest BCUT2D eigenvalue weighted by Crippen LogP contribution is 2.42. The van der Waals surface area contributed by atoms with Gasteiger partial charge in [-0.2, -0.15) is 0 Å². The van der Waals surface area contributed by atoms with E-state index < -0.39 is 0 Å². The van der Waals surface area contributed by atoms with Crippen LogP contribution in [0.4, 0.5) is 11.4 Å². The molecule has 1 saturated heterocycles. The van der Waals surface area contributed by atoms with Crippen molar-refractivity contribution in [2.75, 3.05) is 22.7 Å². The number of hydrogen-bond acceptors (Lipinski definition) is 3. The van der Waals surface area contributed by atoms with Crippen LogP contribution in [0.1, 0.15) is 50.7 Å². The molecular weight excluding hydrogens is 343 g/mol. The third-order valence-corrected chi connectivity index (χ3v) is 6.14. The number of fused-ring (bicyclic) bond motifs is 6. The summed E-state index contributed by atoms with van der Waals surface area (Å²) in [5.74, 6) is 2.04. The number of aromatic nitrogens is 2. The van der Waals surface area contributed by atoms with Gasteiger partial charge in [-0.1, -0.05) is 58.0 Å². The fourth-order valence-corrected chi connectivity index (χ4v) is 4.85. The molecule has 0 amide bonds. The Hall–Kier alpha value is -2.69. The van der Waals surface area contributed by atoms with Gasteiger partial charge < -0.3 is 14.1 Å². The molecule has 0 N–H and O–H groups in total. The standard InChI is InChI=1S/C23H27BN4/c1-16(2)18-9-7-10-19(17(3)4)22(18)27-15-14-26-21-11-6-5-8-20(21)23-25-12-13-28(23)24(26)27/h5-13,16-17H,14-15H2,1-4H3. The van der Waals surface area contributed by atoms with Crippen molar-refractivity contribution in [2.45, 2.75) is 39.5 Å². The summed E-state index contributed by atoms with van der Waals surface area (Å²) in [4.78, 5) is 9.85. The van der Waals surface area contributed by atoms with Crippen LogP contribution in [0.25, 0.3) is 11.4 Å². The first-order chi connectivity index (χ1) is 13.6. The van der Waals surface area contributed by atoms with Gasteiger partial charge in [0.25, 0.3) is 0 Å². The lowest BCUT2D eigenvalue weighted by molar-refractivity contribution is 0.824. The van der Waals surface area contributed by atoms with E-state index in [-0.39, 0.29) is 7.12 Å². The molecule has 0 bridgehead atoms. The lowest BCUT2D eigenvalue weighted by Gasteiger charge is -2.37. The maximum absolute atomic E-state index is 4.71. The smallest absolute Gasteiger partial charge is 0.374 e. The maximum atomic E-state index is 4.71. The molecule has 0 radical (unpaired) electrons. The molecule has 2 aliphatic heterocycles. The minimum Gasteiger partial charge on any atom is -0.374 e. The lowest BCUT2D eigenvalue weighted by atomic mass is 9.80. The SMILES string of the molecule is CC(C)c1cccc(C(C)C)c1N1CCN2B1n1ccnc1-c1ccccc12. The van der Waals surface area contributed by atoms with Gasteiger partial charge in [-0.05, 0) is 35.1 Å². The van der Waals surface area contributed by atoms with Gasteiger partial charge in [0.15, 0.2) is 0 Å². The summed E-state index contributed by atoms with van der Waals surface area (Å²) in [6, 6.07) is 15.5. The predicted molar refractivity (Wildman–Crippen MR) is 118 cm³/mol. The molecule has 0 unspecified atom stereocenters. The van der Waals surface area contributed by atoms with Crippen LogP contribution in [-0.4, -0.2) is 29.7 Å². The Bertz CT molecular complexity index is 997. The molecule has 1 fully saturated rings. The number of benzene rings is 2. The van der Waals surface area contributed by atoms with E-state index in [2.05, 4.69) is 90.5 Å². The van der Waals surface area contributed by atoms with E-state index in [1.807, 2.05) is 6.20 Å². The van der Waals surface area contributed by atoms with Crippen molar-refractivity contribution < 1.29 is 0 Å². The first kappa shape index (κ1) is 17.4. The Labute approximate surface area is 168 Å². The quantitative estimate of drug-likeness (QED) is 0.609. The zero-order chi connectivity index (χ0) is 19.4. The van der Waals surface area contributed by atoms with Crippen molar-refractivity contribution >= 4 is 18.5 Å². The van der Waals surface area contributed by atoms with Crippen LogP contribution in [0.15, 0.2) is 54.9 Å². The summed E-state index contributed by atoms with van der Waals surface area (Å²) < 4.78 is 2.34. The molecule has 1 aromatic heterocycles. The third-order valence-electron chi connectivity index (χ3n) is 6.14. The molecule has 3 aromatic rings. The monoisotopic (exact) mass is 370 g/mol. The van der Waals surface area contributed by atoms with Gasteiger partial charge in [-0.3, -0.25) is 0 Å². The van der Waals surface area contributed by atoms with Crippen molar-refractivity contribution in [3.05, 3.63) is 66.0 Å². The van der Waals surface area contributed by atoms with Crippen molar-refractivity contribution in [1.82, 2.24) is 9.46 Å². The second-order valence-corrected chi connectivity index (χ2v) is 8.50. The lowest BCUT2D eigenvalue weighted by Crippen LogP contribution is -2.53. The second kappa shape index (κ2) is 6.44. The predicted octanol–water partition coefficient (Wildman–Crippen LogP) is 4.97. The van der Waals surface area contributed by atoms with Crippen molar-refractivity contribution in [1.29, 1.82) is 0 Å². The molecule has 28 heavy (non-hydrogen) atoms. The molecule has 4 nitrogen and oxygen atoms in total. The Morgan fingerprint density at radius 2 is 1.54 bits per heavy atom. The highest BCUT2D eigenvalue weighted by molar-refractivity contribution is 6.68. The van der Waals surface area contributed by atoms with Gasteiger partial charge in [0.2, 0.25) is 0 Å². The largest absolute Gasteiger partial charge is 0.510 e. The first-order valence-electron chi connectivity index (χ1n) is 10.4. The number of anilines is 2. The summed E-state index contributed by atoms with van der Waals surface area (Å²) >= 11 is 0. The average Bonchev–Trinajstić information content (AvgIpc) is 3.34. The van der Waals surface area contributed by atoms with E-state index >= 15 is 0 Å². The van der Waals surface area contributed by atoms with Crippen molar-refractivity contribution in [3.8, 4) is 11.4 Å². The molecule has 142 valence electrons. The number of hydrogen-bond donors (Lipinski definition) is 0. The van der Waals surface area contributed by atoms with Gasteiger partial charge in [0.05, 0.1) is 0 Å². The van der Waals surface area contributed by atoms with Gasteiger partial charge in [-0.25, -0.2) is 4.98 Å². The second-order valence-electron chi connectivity index (χ2n) is 8.50. The minimum absolute atomic E-state index is 0.143. The Kier molecular flexibility index (Phi) is 4.00. The Morgan fingerprint density at radius 3 is 2.25 bits per heavy atom. The van der Waals surface area contributed by atoms with Gasteiger partial charge in [-0.15, -0.1) is 0 Å². The van der Waals surface area contributed by atoms with Crippen LogP contribution >= 0.6 is 0 Å². The third kappa shape index (κ3) is 2.42. The first-order valence-corrected chi connectivity index (χ1v) is 10.4. The highest BCUT2D eigenvalue weighted by Gasteiger charge is 2.46. The summed E-state index contributed by atoms with van der Waals surface area (Å²) in [6.07, 6.45) is 4.07. The van der Waals surface area contributed by atoms with Crippen molar-refractivity contribution in [3.63, 3.8) is 0 Å². The average molecular weight is 370 g/mol. The van der Waals surface area contributed by atoms with E-state index in [1.165, 1.54) is 28.1 Å². The van der Waals surface area contributed by atoms with Crippen LogP contribution in [0, 0.1) is 0 Å². The molecule has 2 aromatic carbocycles. The molecule has 3 heterocycles.